The van der Waals surface area contributed by atoms with E-state index in [0.717, 1.165) is 11.1 Å². The molecule has 0 aromatic heterocycles. The highest BCUT2D eigenvalue weighted by molar-refractivity contribution is 5.83. The van der Waals surface area contributed by atoms with Gasteiger partial charge in [0.15, 0.2) is 0 Å². The third-order valence-electron chi connectivity index (χ3n) is 4.43. The number of nitrogens with one attached hydrogen (secondary N) is 1. The van der Waals surface area contributed by atoms with E-state index in [9.17, 15) is 9.18 Å². The molecule has 0 heterocycles. The van der Waals surface area contributed by atoms with Gasteiger partial charge in [0.25, 0.3) is 0 Å². The van der Waals surface area contributed by atoms with Gasteiger partial charge in [0.05, 0.1) is 12.6 Å². The summed E-state index contributed by atoms with van der Waals surface area (Å²) >= 11 is 0. The number of hydrogen-bond donors (Lipinski definition) is 1. The average molecular weight is 350 g/mol. The number of carbonyl (C=O) groups excluding carboxylic acids is 1. The number of nitrogens with zero attached hydrogens (tertiary/aromatic N) is 1. The minimum atomic E-state index is -0.252. The fraction of sp³-hybridized carbons (Fsp3) is 0.227. The fourth-order valence-corrected chi connectivity index (χ4v) is 3.05. The summed E-state index contributed by atoms with van der Waals surface area (Å²) in [6.45, 7) is 2.87. The maximum atomic E-state index is 13.0. The Morgan fingerprint density at radius 1 is 1.04 bits per heavy atom. The fourth-order valence-electron chi connectivity index (χ4n) is 3.05. The maximum absolute atomic E-state index is 13.0. The highest BCUT2D eigenvalue weighted by atomic mass is 19.1. The van der Waals surface area contributed by atoms with E-state index in [2.05, 4.69) is 35.6 Å². The van der Waals surface area contributed by atoms with E-state index < -0.39 is 0 Å². The molecule has 3 aromatic carbocycles. The third kappa shape index (κ3) is 4.67. The van der Waals surface area contributed by atoms with Crippen LogP contribution < -0.4 is 5.32 Å². The highest BCUT2D eigenvalue weighted by Gasteiger charge is 2.12. The predicted octanol–water partition coefficient (Wildman–Crippen LogP) is 4.29. The van der Waals surface area contributed by atoms with E-state index in [-0.39, 0.29) is 24.3 Å². The van der Waals surface area contributed by atoms with Gasteiger partial charge in [-0.15, -0.1) is 0 Å². The SMILES string of the molecule is CC(NC(=O)CN(C)Cc1ccc(F)cc1)c1ccc2ccccc2c1. The van der Waals surface area contributed by atoms with E-state index >= 15 is 0 Å². The van der Waals surface area contributed by atoms with Crippen LogP contribution in [0.4, 0.5) is 4.39 Å². The standard InChI is InChI=1S/C22H23FN2O/c1-16(19-10-9-18-5-3-4-6-20(18)13-19)24-22(26)15-25(2)14-17-7-11-21(23)12-8-17/h3-13,16H,14-15H2,1-2H3,(H,24,26). The molecule has 1 atom stereocenters. The van der Waals surface area contributed by atoms with Crippen molar-refractivity contribution in [3.8, 4) is 0 Å². The van der Waals surface area contributed by atoms with Crippen molar-refractivity contribution in [2.45, 2.75) is 19.5 Å². The zero-order valence-electron chi connectivity index (χ0n) is 15.1. The average Bonchev–Trinajstić information content (AvgIpc) is 2.63. The van der Waals surface area contributed by atoms with E-state index in [1.807, 2.05) is 31.0 Å². The van der Waals surface area contributed by atoms with E-state index in [4.69, 9.17) is 0 Å². The summed E-state index contributed by atoms with van der Waals surface area (Å²) in [6.07, 6.45) is 0. The van der Waals surface area contributed by atoms with Crippen molar-refractivity contribution in [3.05, 3.63) is 83.7 Å². The highest BCUT2D eigenvalue weighted by Crippen LogP contribution is 2.20. The molecule has 26 heavy (non-hydrogen) atoms. The minimum absolute atomic E-state index is 0.0322. The number of fused-ring (bicyclic) bond motifs is 1. The molecule has 0 spiro atoms. The first-order chi connectivity index (χ1) is 12.5. The molecule has 0 aliphatic rings. The molecule has 0 aliphatic heterocycles. The Labute approximate surface area is 153 Å². The van der Waals surface area contributed by atoms with Crippen molar-refractivity contribution in [2.24, 2.45) is 0 Å². The van der Waals surface area contributed by atoms with E-state index in [1.54, 1.807) is 12.1 Å². The second kappa shape index (κ2) is 8.11. The first-order valence-electron chi connectivity index (χ1n) is 8.72. The van der Waals surface area contributed by atoms with E-state index in [0.29, 0.717) is 6.54 Å². The second-order valence-corrected chi connectivity index (χ2v) is 6.69. The van der Waals surface area contributed by atoms with Gasteiger partial charge in [-0.25, -0.2) is 4.39 Å². The van der Waals surface area contributed by atoms with Crippen molar-refractivity contribution in [3.63, 3.8) is 0 Å². The summed E-state index contributed by atoms with van der Waals surface area (Å²) in [6, 6.07) is 20.7. The van der Waals surface area contributed by atoms with Gasteiger partial charge in [-0.1, -0.05) is 48.5 Å². The van der Waals surface area contributed by atoms with Gasteiger partial charge in [-0.3, -0.25) is 9.69 Å². The van der Waals surface area contributed by atoms with Crippen molar-refractivity contribution >= 4 is 16.7 Å². The molecule has 0 radical (unpaired) electrons. The summed E-state index contributed by atoms with van der Waals surface area (Å²) in [5.41, 5.74) is 2.06. The summed E-state index contributed by atoms with van der Waals surface area (Å²) in [7, 11) is 1.88. The molecule has 1 amide bonds. The maximum Gasteiger partial charge on any atom is 0.234 e. The van der Waals surface area contributed by atoms with Crippen LogP contribution in [-0.2, 0) is 11.3 Å². The Morgan fingerprint density at radius 3 is 2.46 bits per heavy atom. The molecule has 4 heteroatoms. The Morgan fingerprint density at radius 2 is 1.73 bits per heavy atom. The molecule has 3 nitrogen and oxygen atoms in total. The lowest BCUT2D eigenvalue weighted by Crippen LogP contribution is -2.36. The largest absolute Gasteiger partial charge is 0.348 e. The normalized spacial score (nSPS) is 12.3. The molecule has 1 unspecified atom stereocenters. The number of benzene rings is 3. The van der Waals surface area contributed by atoms with Crippen LogP contribution in [0.5, 0.6) is 0 Å². The smallest absolute Gasteiger partial charge is 0.234 e. The van der Waals surface area contributed by atoms with Crippen LogP contribution >= 0.6 is 0 Å². The lowest BCUT2D eigenvalue weighted by atomic mass is 10.0. The van der Waals surface area contributed by atoms with Crippen LogP contribution in [0.1, 0.15) is 24.1 Å². The molecule has 3 rings (SSSR count). The Hall–Kier alpha value is -2.72. The van der Waals surface area contributed by atoms with Gasteiger partial charge < -0.3 is 5.32 Å². The van der Waals surface area contributed by atoms with Gasteiger partial charge in [-0.05, 0) is 54.1 Å². The molecule has 0 aliphatic carbocycles. The summed E-state index contributed by atoms with van der Waals surface area (Å²) in [5, 5.41) is 5.40. The minimum Gasteiger partial charge on any atom is -0.348 e. The third-order valence-corrected chi connectivity index (χ3v) is 4.43. The Kier molecular flexibility index (Phi) is 5.64. The number of hydrogen-bond acceptors (Lipinski definition) is 2. The molecule has 0 fully saturated rings. The molecule has 3 aromatic rings. The van der Waals surface area contributed by atoms with Crippen LogP contribution in [0.15, 0.2) is 66.7 Å². The monoisotopic (exact) mass is 350 g/mol. The van der Waals surface area contributed by atoms with Crippen molar-refractivity contribution in [2.75, 3.05) is 13.6 Å². The molecule has 1 N–H and O–H groups in total. The topological polar surface area (TPSA) is 32.3 Å². The molecule has 134 valence electrons. The number of carbonyl (C=O) groups is 1. The lowest BCUT2D eigenvalue weighted by molar-refractivity contribution is -0.122. The second-order valence-electron chi connectivity index (χ2n) is 6.69. The molecular weight excluding hydrogens is 327 g/mol. The number of likely N-dealkylation sites (N-methyl/N-ethyl adjacent to an activating group) is 1. The summed E-state index contributed by atoms with van der Waals surface area (Å²) < 4.78 is 13.0. The molecule has 0 saturated heterocycles. The quantitative estimate of drug-likeness (QED) is 0.719. The van der Waals surface area contributed by atoms with Crippen LogP contribution in [0.3, 0.4) is 0 Å². The number of amides is 1. The number of rotatable bonds is 6. The summed E-state index contributed by atoms with van der Waals surface area (Å²) in [4.78, 5) is 14.2. The van der Waals surface area contributed by atoms with Crippen LogP contribution in [0, 0.1) is 5.82 Å². The molecule has 0 saturated carbocycles. The zero-order chi connectivity index (χ0) is 18.5. The van der Waals surface area contributed by atoms with Gasteiger partial charge in [0, 0.05) is 6.54 Å². The molecule has 0 bridgehead atoms. The zero-order valence-corrected chi connectivity index (χ0v) is 15.1. The predicted molar refractivity (Wildman–Crippen MR) is 103 cm³/mol. The summed E-state index contributed by atoms with van der Waals surface area (Å²) in [5.74, 6) is -0.284. The van der Waals surface area contributed by atoms with Crippen LogP contribution in [-0.4, -0.2) is 24.4 Å². The van der Waals surface area contributed by atoms with Crippen molar-refractivity contribution in [1.29, 1.82) is 0 Å². The first-order valence-corrected chi connectivity index (χ1v) is 8.72. The van der Waals surface area contributed by atoms with Crippen LogP contribution in [0.2, 0.25) is 0 Å². The number of halogens is 1. The Bertz CT molecular complexity index is 892. The van der Waals surface area contributed by atoms with E-state index in [1.165, 1.54) is 22.9 Å². The molecular formula is C22H23FN2O. The lowest BCUT2D eigenvalue weighted by Gasteiger charge is -2.19. The van der Waals surface area contributed by atoms with Crippen molar-refractivity contribution in [1.82, 2.24) is 10.2 Å². The van der Waals surface area contributed by atoms with Gasteiger partial charge in [0.1, 0.15) is 5.82 Å². The van der Waals surface area contributed by atoms with Gasteiger partial charge >= 0.3 is 0 Å². The Balaban J connectivity index is 1.56. The van der Waals surface area contributed by atoms with Gasteiger partial charge in [0.2, 0.25) is 5.91 Å². The first kappa shape index (κ1) is 18.1. The van der Waals surface area contributed by atoms with Crippen molar-refractivity contribution < 1.29 is 9.18 Å². The van der Waals surface area contributed by atoms with Crippen LogP contribution in [0.25, 0.3) is 10.8 Å². The van der Waals surface area contributed by atoms with Gasteiger partial charge in [-0.2, -0.15) is 0 Å².